The standard InChI is InChI=1S/C39H25N3O/c1-2-12-27(13-3-1)41(36-21-9-18-31-32-19-10-24-40-39(32)43-38(31)36)28-14-8-15-29(25-28)42-34-20-7-6-17-33(34)37-30-16-5-4-11-26(30)22-23-35(37)42/h1-25H. The van der Waals surface area contributed by atoms with Crippen LogP contribution in [0.15, 0.2) is 156 Å². The molecule has 0 amide bonds. The van der Waals surface area contributed by atoms with Gasteiger partial charge in [-0.2, -0.15) is 0 Å². The van der Waals surface area contributed by atoms with Gasteiger partial charge in [-0.25, -0.2) is 4.98 Å². The zero-order valence-electron chi connectivity index (χ0n) is 23.2. The van der Waals surface area contributed by atoms with Crippen molar-refractivity contribution in [2.45, 2.75) is 0 Å². The summed E-state index contributed by atoms with van der Waals surface area (Å²) >= 11 is 0. The van der Waals surface area contributed by atoms with Crippen molar-refractivity contribution in [3.8, 4) is 5.69 Å². The Labute approximate surface area is 247 Å². The van der Waals surface area contributed by atoms with Gasteiger partial charge in [0.15, 0.2) is 5.58 Å². The van der Waals surface area contributed by atoms with Gasteiger partial charge in [0.1, 0.15) is 0 Å². The van der Waals surface area contributed by atoms with Crippen LogP contribution in [0.25, 0.3) is 60.3 Å². The third-order valence-electron chi connectivity index (χ3n) is 8.42. The lowest BCUT2D eigenvalue weighted by Crippen LogP contribution is -2.10. The lowest BCUT2D eigenvalue weighted by molar-refractivity contribution is 0.654. The number of para-hydroxylation sites is 3. The number of benzene rings is 6. The Balaban J connectivity index is 1.31. The molecule has 0 saturated carbocycles. The van der Waals surface area contributed by atoms with E-state index in [0.717, 1.165) is 39.1 Å². The van der Waals surface area contributed by atoms with E-state index in [2.05, 4.69) is 148 Å². The summed E-state index contributed by atoms with van der Waals surface area (Å²) in [6, 6.07) is 51.4. The second-order valence-electron chi connectivity index (χ2n) is 10.8. The number of rotatable bonds is 4. The molecule has 0 aliphatic carbocycles. The summed E-state index contributed by atoms with van der Waals surface area (Å²) in [4.78, 5) is 6.78. The van der Waals surface area contributed by atoms with E-state index in [1.54, 1.807) is 6.20 Å². The highest BCUT2D eigenvalue weighted by molar-refractivity contribution is 6.21. The van der Waals surface area contributed by atoms with Gasteiger partial charge in [0.25, 0.3) is 0 Å². The maximum Gasteiger partial charge on any atom is 0.227 e. The van der Waals surface area contributed by atoms with Crippen LogP contribution in [0.3, 0.4) is 0 Å². The average Bonchev–Trinajstić information content (AvgIpc) is 3.62. The minimum atomic E-state index is 0.643. The predicted molar refractivity (Wildman–Crippen MR) is 178 cm³/mol. The molecule has 0 atom stereocenters. The monoisotopic (exact) mass is 551 g/mol. The fourth-order valence-corrected chi connectivity index (χ4v) is 6.59. The Morgan fingerprint density at radius 2 is 1.28 bits per heavy atom. The molecule has 0 N–H and O–H groups in total. The molecule has 0 aliphatic heterocycles. The van der Waals surface area contributed by atoms with Crippen molar-refractivity contribution in [3.05, 3.63) is 152 Å². The second kappa shape index (κ2) is 9.33. The Hall–Kier alpha value is -5.87. The molecule has 0 aliphatic rings. The molecule has 4 nitrogen and oxygen atoms in total. The number of aromatic nitrogens is 2. The van der Waals surface area contributed by atoms with Crippen LogP contribution < -0.4 is 4.90 Å². The van der Waals surface area contributed by atoms with Crippen LogP contribution >= 0.6 is 0 Å². The molecule has 0 saturated heterocycles. The molecular weight excluding hydrogens is 526 g/mol. The molecule has 0 fully saturated rings. The number of fused-ring (bicyclic) bond motifs is 8. The first kappa shape index (κ1) is 23.8. The maximum absolute atomic E-state index is 6.41. The van der Waals surface area contributed by atoms with Crippen LogP contribution in [0.2, 0.25) is 0 Å². The number of furan rings is 1. The van der Waals surface area contributed by atoms with E-state index in [1.165, 1.54) is 32.6 Å². The molecule has 43 heavy (non-hydrogen) atoms. The summed E-state index contributed by atoms with van der Waals surface area (Å²) < 4.78 is 8.79. The van der Waals surface area contributed by atoms with E-state index < -0.39 is 0 Å². The van der Waals surface area contributed by atoms with Crippen LogP contribution in [-0.2, 0) is 0 Å². The number of anilines is 3. The summed E-state index contributed by atoms with van der Waals surface area (Å²) in [6.45, 7) is 0. The van der Waals surface area contributed by atoms with Gasteiger partial charge in [-0.1, -0.05) is 84.9 Å². The number of pyridine rings is 1. The summed E-state index contributed by atoms with van der Waals surface area (Å²) in [7, 11) is 0. The zero-order valence-corrected chi connectivity index (χ0v) is 23.2. The fraction of sp³-hybridized carbons (Fsp3) is 0. The highest BCUT2D eigenvalue weighted by Gasteiger charge is 2.21. The Bertz CT molecular complexity index is 2470. The van der Waals surface area contributed by atoms with Crippen molar-refractivity contribution in [2.75, 3.05) is 4.90 Å². The van der Waals surface area contributed by atoms with E-state index in [9.17, 15) is 0 Å². The van der Waals surface area contributed by atoms with Crippen LogP contribution in [0.1, 0.15) is 0 Å². The van der Waals surface area contributed by atoms with Gasteiger partial charge < -0.3 is 13.9 Å². The van der Waals surface area contributed by atoms with Crippen LogP contribution in [0, 0.1) is 0 Å². The fourth-order valence-electron chi connectivity index (χ4n) is 6.59. The minimum Gasteiger partial charge on any atom is -0.435 e. The zero-order chi connectivity index (χ0) is 28.3. The Morgan fingerprint density at radius 1 is 0.535 bits per heavy atom. The molecule has 3 heterocycles. The van der Waals surface area contributed by atoms with Gasteiger partial charge in [0, 0.05) is 44.8 Å². The normalized spacial score (nSPS) is 11.7. The van der Waals surface area contributed by atoms with E-state index in [1.807, 2.05) is 12.1 Å². The quantitative estimate of drug-likeness (QED) is 0.218. The van der Waals surface area contributed by atoms with Crippen molar-refractivity contribution < 1.29 is 4.42 Å². The maximum atomic E-state index is 6.41. The first-order valence-corrected chi connectivity index (χ1v) is 14.5. The highest BCUT2D eigenvalue weighted by Crippen LogP contribution is 2.43. The van der Waals surface area contributed by atoms with Gasteiger partial charge in [-0.3, -0.25) is 0 Å². The van der Waals surface area contributed by atoms with Crippen molar-refractivity contribution in [1.82, 2.24) is 9.55 Å². The van der Waals surface area contributed by atoms with Crippen LogP contribution in [0.4, 0.5) is 17.1 Å². The third kappa shape index (κ3) is 3.60. The molecule has 0 spiro atoms. The largest absolute Gasteiger partial charge is 0.435 e. The third-order valence-corrected chi connectivity index (χ3v) is 8.42. The van der Waals surface area contributed by atoms with E-state index >= 15 is 0 Å². The van der Waals surface area contributed by atoms with Crippen molar-refractivity contribution in [3.63, 3.8) is 0 Å². The van der Waals surface area contributed by atoms with E-state index in [-0.39, 0.29) is 0 Å². The summed E-state index contributed by atoms with van der Waals surface area (Å²) in [5.41, 5.74) is 7.98. The molecule has 202 valence electrons. The van der Waals surface area contributed by atoms with Gasteiger partial charge in [0.2, 0.25) is 5.71 Å². The van der Waals surface area contributed by atoms with Gasteiger partial charge in [-0.15, -0.1) is 0 Å². The van der Waals surface area contributed by atoms with Gasteiger partial charge >= 0.3 is 0 Å². The molecular formula is C39H25N3O. The van der Waals surface area contributed by atoms with Crippen molar-refractivity contribution in [2.24, 2.45) is 0 Å². The minimum absolute atomic E-state index is 0.643. The molecule has 3 aromatic heterocycles. The molecule has 0 bridgehead atoms. The second-order valence-corrected chi connectivity index (χ2v) is 10.8. The van der Waals surface area contributed by atoms with Crippen LogP contribution in [-0.4, -0.2) is 9.55 Å². The lowest BCUT2D eigenvalue weighted by Gasteiger charge is -2.26. The Morgan fingerprint density at radius 3 is 2.21 bits per heavy atom. The summed E-state index contributed by atoms with van der Waals surface area (Å²) in [6.07, 6.45) is 1.78. The first-order valence-electron chi connectivity index (χ1n) is 14.5. The predicted octanol–water partition coefficient (Wildman–Crippen LogP) is 10.7. The summed E-state index contributed by atoms with van der Waals surface area (Å²) in [5, 5.41) is 7.10. The molecule has 9 aromatic rings. The van der Waals surface area contributed by atoms with Gasteiger partial charge in [-0.05, 0) is 71.4 Å². The SMILES string of the molecule is c1ccc(N(c2cccc(-n3c4ccccc4c4c5ccccc5ccc43)c2)c2cccc3c2oc2ncccc23)cc1. The van der Waals surface area contributed by atoms with Crippen LogP contribution in [0.5, 0.6) is 0 Å². The van der Waals surface area contributed by atoms with E-state index in [0.29, 0.717) is 5.71 Å². The molecule has 6 aromatic carbocycles. The molecule has 9 rings (SSSR count). The molecule has 4 heteroatoms. The number of hydrogen-bond donors (Lipinski definition) is 0. The molecule has 0 radical (unpaired) electrons. The lowest BCUT2D eigenvalue weighted by atomic mass is 10.0. The number of hydrogen-bond acceptors (Lipinski definition) is 3. The van der Waals surface area contributed by atoms with Crippen molar-refractivity contribution >= 4 is 71.7 Å². The highest BCUT2D eigenvalue weighted by atomic mass is 16.3. The summed E-state index contributed by atoms with van der Waals surface area (Å²) in [5.74, 6) is 0. The smallest absolute Gasteiger partial charge is 0.227 e. The van der Waals surface area contributed by atoms with E-state index in [4.69, 9.17) is 4.42 Å². The number of nitrogens with zero attached hydrogens (tertiary/aromatic N) is 3. The Kier molecular flexibility index (Phi) is 5.16. The van der Waals surface area contributed by atoms with Crippen molar-refractivity contribution in [1.29, 1.82) is 0 Å². The molecule has 0 unspecified atom stereocenters. The average molecular weight is 552 g/mol. The topological polar surface area (TPSA) is 34.2 Å². The van der Waals surface area contributed by atoms with Gasteiger partial charge in [0.05, 0.1) is 16.7 Å². The first-order chi connectivity index (χ1) is 21.3.